The van der Waals surface area contributed by atoms with Crippen LogP contribution in [0.2, 0.25) is 0 Å². The van der Waals surface area contributed by atoms with E-state index in [1.807, 2.05) is 18.2 Å². The van der Waals surface area contributed by atoms with Gasteiger partial charge in [0, 0.05) is 5.69 Å². The number of piperazine rings is 1. The van der Waals surface area contributed by atoms with Crippen LogP contribution in [0.3, 0.4) is 0 Å². The molecule has 0 spiro atoms. The van der Waals surface area contributed by atoms with Crippen molar-refractivity contribution in [2.75, 3.05) is 37.6 Å². The highest BCUT2D eigenvalue weighted by Gasteiger charge is 2.18. The molecule has 1 aliphatic rings. The van der Waals surface area contributed by atoms with Crippen LogP contribution in [-0.2, 0) is 0 Å². The Labute approximate surface area is 131 Å². The average Bonchev–Trinajstić information content (AvgIpc) is 2.57. The molecule has 0 amide bonds. The smallest absolute Gasteiger partial charge is 0.123 e. The summed E-state index contributed by atoms with van der Waals surface area (Å²) in [6.45, 7) is 5.36. The van der Waals surface area contributed by atoms with Gasteiger partial charge in [0.1, 0.15) is 5.82 Å². The lowest BCUT2D eigenvalue weighted by Crippen LogP contribution is -3.14. The molecule has 1 saturated heterocycles. The predicted molar refractivity (Wildman–Crippen MR) is 89.7 cm³/mol. The first-order valence-electron chi connectivity index (χ1n) is 7.87. The molecule has 1 heterocycles. The molecule has 1 N–H and O–H groups in total. The van der Waals surface area contributed by atoms with Gasteiger partial charge in [-0.05, 0) is 35.9 Å². The van der Waals surface area contributed by atoms with Crippen LogP contribution in [0.15, 0.2) is 60.7 Å². The van der Waals surface area contributed by atoms with Crippen LogP contribution in [0.1, 0.15) is 5.56 Å². The van der Waals surface area contributed by atoms with Crippen molar-refractivity contribution >= 4 is 11.8 Å². The van der Waals surface area contributed by atoms with Crippen molar-refractivity contribution in [2.24, 2.45) is 0 Å². The number of halogens is 1. The summed E-state index contributed by atoms with van der Waals surface area (Å²) in [4.78, 5) is 3.94. The van der Waals surface area contributed by atoms with Crippen LogP contribution in [0.4, 0.5) is 10.1 Å². The zero-order valence-electron chi connectivity index (χ0n) is 12.7. The van der Waals surface area contributed by atoms with E-state index in [1.54, 1.807) is 4.90 Å². The molecular formula is C19H22FN2+. The van der Waals surface area contributed by atoms with Crippen LogP contribution in [-0.4, -0.2) is 32.7 Å². The highest BCUT2D eigenvalue weighted by molar-refractivity contribution is 5.48. The summed E-state index contributed by atoms with van der Waals surface area (Å²) in [5.74, 6) is -0.168. The highest BCUT2D eigenvalue weighted by Crippen LogP contribution is 2.14. The second-order valence-corrected chi connectivity index (χ2v) is 5.73. The molecule has 2 aromatic rings. The predicted octanol–water partition coefficient (Wildman–Crippen LogP) is 2.24. The summed E-state index contributed by atoms with van der Waals surface area (Å²) in [6.07, 6.45) is 4.46. The summed E-state index contributed by atoms with van der Waals surface area (Å²) in [7, 11) is 0. The fraction of sp³-hybridized carbons (Fsp3) is 0.263. The van der Waals surface area contributed by atoms with Crippen molar-refractivity contribution < 1.29 is 9.29 Å². The number of benzene rings is 2. The van der Waals surface area contributed by atoms with Crippen molar-refractivity contribution in [1.82, 2.24) is 0 Å². The van der Waals surface area contributed by atoms with Crippen LogP contribution >= 0.6 is 0 Å². The lowest BCUT2D eigenvalue weighted by atomic mass is 10.2. The number of hydrogen-bond donors (Lipinski definition) is 1. The topological polar surface area (TPSA) is 7.68 Å². The number of rotatable bonds is 4. The van der Waals surface area contributed by atoms with Gasteiger partial charge in [0.15, 0.2) is 0 Å². The molecule has 114 valence electrons. The molecule has 0 unspecified atom stereocenters. The van der Waals surface area contributed by atoms with Crippen molar-refractivity contribution in [2.45, 2.75) is 0 Å². The fourth-order valence-corrected chi connectivity index (χ4v) is 2.86. The minimum atomic E-state index is -0.168. The number of nitrogens with one attached hydrogen (secondary N) is 1. The largest absolute Gasteiger partial charge is 0.360 e. The van der Waals surface area contributed by atoms with Gasteiger partial charge in [-0.15, -0.1) is 0 Å². The summed E-state index contributed by atoms with van der Waals surface area (Å²) >= 11 is 0. The van der Waals surface area contributed by atoms with Gasteiger partial charge in [-0.25, -0.2) is 4.39 Å². The lowest BCUT2D eigenvalue weighted by molar-refractivity contribution is -0.894. The van der Waals surface area contributed by atoms with Gasteiger partial charge >= 0.3 is 0 Å². The third kappa shape index (κ3) is 3.95. The maximum absolute atomic E-state index is 13.0. The Kier molecular flexibility index (Phi) is 4.86. The quantitative estimate of drug-likeness (QED) is 0.909. The third-order valence-electron chi connectivity index (χ3n) is 4.18. The number of quaternary nitrogens is 1. The summed E-state index contributed by atoms with van der Waals surface area (Å²) < 4.78 is 13.0. The van der Waals surface area contributed by atoms with Crippen LogP contribution < -0.4 is 9.80 Å². The van der Waals surface area contributed by atoms with E-state index in [4.69, 9.17) is 0 Å². The zero-order chi connectivity index (χ0) is 15.2. The molecule has 0 radical (unpaired) electrons. The normalized spacial score (nSPS) is 16.3. The third-order valence-corrected chi connectivity index (χ3v) is 4.18. The van der Waals surface area contributed by atoms with Crippen LogP contribution in [0.5, 0.6) is 0 Å². The van der Waals surface area contributed by atoms with Crippen LogP contribution in [0.25, 0.3) is 6.08 Å². The second kappa shape index (κ2) is 7.23. The van der Waals surface area contributed by atoms with E-state index < -0.39 is 0 Å². The van der Waals surface area contributed by atoms with Gasteiger partial charge < -0.3 is 9.80 Å². The Balaban J connectivity index is 1.47. The first-order valence-corrected chi connectivity index (χ1v) is 7.87. The molecular weight excluding hydrogens is 275 g/mol. The van der Waals surface area contributed by atoms with E-state index in [2.05, 4.69) is 41.3 Å². The Bertz CT molecular complexity index is 599. The summed E-state index contributed by atoms with van der Waals surface area (Å²) in [6, 6.07) is 17.2. The number of anilines is 1. The maximum Gasteiger partial charge on any atom is 0.123 e. The maximum atomic E-state index is 13.0. The standard InChI is InChI=1S/C19H21FN2/c20-18-8-10-19(11-9-18)22-15-13-21(14-16-22)12-4-7-17-5-2-1-3-6-17/h1-11H,12-16H2/p+1/b7-4+. The molecule has 3 heteroatoms. The van der Waals surface area contributed by atoms with Gasteiger partial charge in [-0.1, -0.05) is 36.4 Å². The molecule has 22 heavy (non-hydrogen) atoms. The van der Waals surface area contributed by atoms with Gasteiger partial charge in [-0.3, -0.25) is 0 Å². The molecule has 0 bridgehead atoms. The molecule has 2 aromatic carbocycles. The number of hydrogen-bond acceptors (Lipinski definition) is 1. The van der Waals surface area contributed by atoms with E-state index in [1.165, 1.54) is 17.7 Å². The molecule has 0 aromatic heterocycles. The average molecular weight is 297 g/mol. The number of nitrogens with zero attached hydrogens (tertiary/aromatic N) is 1. The fourth-order valence-electron chi connectivity index (χ4n) is 2.86. The molecule has 1 fully saturated rings. The zero-order valence-corrected chi connectivity index (χ0v) is 12.7. The van der Waals surface area contributed by atoms with Crippen molar-refractivity contribution in [3.8, 4) is 0 Å². The van der Waals surface area contributed by atoms with Crippen molar-refractivity contribution in [3.05, 3.63) is 72.1 Å². The minimum Gasteiger partial charge on any atom is -0.360 e. The molecule has 0 saturated carbocycles. The van der Waals surface area contributed by atoms with Crippen molar-refractivity contribution in [1.29, 1.82) is 0 Å². The van der Waals surface area contributed by atoms with Gasteiger partial charge in [-0.2, -0.15) is 0 Å². The summed E-state index contributed by atoms with van der Waals surface area (Å²) in [5.41, 5.74) is 2.38. The Hall–Kier alpha value is -2.13. The SMILES string of the molecule is Fc1ccc(N2CC[NH+](C/C=C/c3ccccc3)CC2)cc1. The monoisotopic (exact) mass is 297 g/mol. The van der Waals surface area contributed by atoms with E-state index in [9.17, 15) is 4.39 Å². The Morgan fingerprint density at radius 1 is 0.955 bits per heavy atom. The Morgan fingerprint density at radius 2 is 1.64 bits per heavy atom. The first-order chi connectivity index (χ1) is 10.8. The van der Waals surface area contributed by atoms with E-state index in [0.29, 0.717) is 0 Å². The van der Waals surface area contributed by atoms with E-state index in [0.717, 1.165) is 38.4 Å². The van der Waals surface area contributed by atoms with Gasteiger partial charge in [0.25, 0.3) is 0 Å². The molecule has 0 atom stereocenters. The molecule has 2 nitrogen and oxygen atoms in total. The van der Waals surface area contributed by atoms with E-state index >= 15 is 0 Å². The molecule has 0 aliphatic carbocycles. The molecule has 1 aliphatic heterocycles. The summed E-state index contributed by atoms with van der Waals surface area (Å²) in [5, 5.41) is 0. The second-order valence-electron chi connectivity index (χ2n) is 5.73. The minimum absolute atomic E-state index is 0.168. The molecule has 3 rings (SSSR count). The Morgan fingerprint density at radius 3 is 2.32 bits per heavy atom. The van der Waals surface area contributed by atoms with Crippen molar-refractivity contribution in [3.63, 3.8) is 0 Å². The lowest BCUT2D eigenvalue weighted by Gasteiger charge is -2.33. The first kappa shape index (κ1) is 14.8. The highest BCUT2D eigenvalue weighted by atomic mass is 19.1. The van der Waals surface area contributed by atoms with Crippen LogP contribution in [0, 0.1) is 5.82 Å². The van der Waals surface area contributed by atoms with Gasteiger partial charge in [0.05, 0.1) is 32.7 Å². The van der Waals surface area contributed by atoms with Gasteiger partial charge in [0.2, 0.25) is 0 Å². The van der Waals surface area contributed by atoms with E-state index in [-0.39, 0.29) is 5.82 Å².